The van der Waals surface area contributed by atoms with Crippen molar-refractivity contribution in [3.63, 3.8) is 0 Å². The number of halogens is 1. The zero-order valence-electron chi connectivity index (χ0n) is 14.6. The molecule has 6 heteroatoms. The van der Waals surface area contributed by atoms with Crippen molar-refractivity contribution in [2.75, 3.05) is 0 Å². The highest BCUT2D eigenvalue weighted by atomic mass is 32.1. The number of carbonyl (C=O) groups is 1. The molecule has 1 aromatic heterocycles. The molecule has 0 aliphatic rings. The number of rotatable bonds is 6. The summed E-state index contributed by atoms with van der Waals surface area (Å²) in [6.07, 6.45) is -0.735. The Labute approximate surface area is 160 Å². The lowest BCUT2D eigenvalue weighted by molar-refractivity contribution is -0.127. The molecule has 136 valence electrons. The number of hydrogen-bond donors (Lipinski definition) is 1. The molecular weight excluding hydrogens is 363 g/mol. The van der Waals surface area contributed by atoms with Gasteiger partial charge in [-0.05, 0) is 60.3 Å². The summed E-state index contributed by atoms with van der Waals surface area (Å²) >= 11 is 1.51. The molecular formula is C21H17FN2O2S. The molecule has 0 bridgehead atoms. The number of amides is 1. The minimum atomic E-state index is -0.735. The molecule has 4 nitrogen and oxygen atoms in total. The second-order valence-corrected chi connectivity index (χ2v) is 6.88. The summed E-state index contributed by atoms with van der Waals surface area (Å²) in [5.74, 6) is -0.110. The average molecular weight is 380 g/mol. The quantitative estimate of drug-likeness (QED) is 0.688. The number of nitrogens with one attached hydrogen (secondary N) is 1. The van der Waals surface area contributed by atoms with Gasteiger partial charge in [-0.2, -0.15) is 5.26 Å². The molecule has 0 fully saturated rings. The van der Waals surface area contributed by atoms with Gasteiger partial charge in [0.1, 0.15) is 11.6 Å². The average Bonchev–Trinajstić information content (AvgIpc) is 3.22. The molecule has 2 aromatic carbocycles. The van der Waals surface area contributed by atoms with Crippen LogP contribution in [0.25, 0.3) is 0 Å². The molecule has 0 radical (unpaired) electrons. The van der Waals surface area contributed by atoms with E-state index in [0.29, 0.717) is 11.3 Å². The van der Waals surface area contributed by atoms with Gasteiger partial charge in [0.25, 0.3) is 5.91 Å². The van der Waals surface area contributed by atoms with E-state index >= 15 is 0 Å². The van der Waals surface area contributed by atoms with Crippen molar-refractivity contribution in [3.8, 4) is 11.8 Å². The van der Waals surface area contributed by atoms with Crippen LogP contribution in [0.4, 0.5) is 4.39 Å². The Bertz CT molecular complexity index is 932. The van der Waals surface area contributed by atoms with E-state index in [4.69, 9.17) is 10.00 Å². The molecule has 0 aliphatic heterocycles. The summed E-state index contributed by atoms with van der Waals surface area (Å²) in [7, 11) is 0. The molecule has 3 rings (SSSR count). The third kappa shape index (κ3) is 4.72. The van der Waals surface area contributed by atoms with Crippen LogP contribution in [0.3, 0.4) is 0 Å². The number of nitriles is 1. The largest absolute Gasteiger partial charge is 0.481 e. The van der Waals surface area contributed by atoms with Crippen molar-refractivity contribution in [1.82, 2.24) is 5.32 Å². The van der Waals surface area contributed by atoms with Crippen LogP contribution in [0.15, 0.2) is 66.0 Å². The fourth-order valence-corrected chi connectivity index (χ4v) is 3.36. The van der Waals surface area contributed by atoms with Crippen molar-refractivity contribution in [2.24, 2.45) is 0 Å². The molecule has 1 amide bonds. The van der Waals surface area contributed by atoms with Gasteiger partial charge in [-0.3, -0.25) is 4.79 Å². The lowest BCUT2D eigenvalue weighted by Crippen LogP contribution is -2.38. The van der Waals surface area contributed by atoms with E-state index < -0.39 is 6.10 Å². The standard InChI is InChI=1S/C21H17FN2O2S/c1-14(26-18-10-4-15(13-23)5-11-18)21(25)24-20(19-3-2-12-27-19)16-6-8-17(22)9-7-16/h2-12,14,20H,1H3,(H,24,25). The number of ether oxygens (including phenoxy) is 1. The summed E-state index contributed by atoms with van der Waals surface area (Å²) in [6.45, 7) is 1.66. The molecule has 1 heterocycles. The summed E-state index contributed by atoms with van der Waals surface area (Å²) in [5, 5.41) is 13.7. The van der Waals surface area contributed by atoms with Crippen LogP contribution in [0, 0.1) is 17.1 Å². The molecule has 0 saturated carbocycles. The van der Waals surface area contributed by atoms with Gasteiger partial charge in [-0.25, -0.2) is 4.39 Å². The molecule has 2 unspecified atom stereocenters. The van der Waals surface area contributed by atoms with Crippen molar-refractivity contribution < 1.29 is 13.9 Å². The zero-order valence-corrected chi connectivity index (χ0v) is 15.4. The Kier molecular flexibility index (Phi) is 5.84. The van der Waals surface area contributed by atoms with Crippen molar-refractivity contribution >= 4 is 17.2 Å². The van der Waals surface area contributed by atoms with Crippen LogP contribution >= 0.6 is 11.3 Å². The highest BCUT2D eigenvalue weighted by molar-refractivity contribution is 7.10. The lowest BCUT2D eigenvalue weighted by atomic mass is 10.0. The second-order valence-electron chi connectivity index (χ2n) is 5.90. The third-order valence-electron chi connectivity index (χ3n) is 3.98. The van der Waals surface area contributed by atoms with Gasteiger partial charge in [0.2, 0.25) is 0 Å². The Morgan fingerprint density at radius 2 is 1.85 bits per heavy atom. The van der Waals surface area contributed by atoms with Crippen LogP contribution in [0.5, 0.6) is 5.75 Å². The fourth-order valence-electron chi connectivity index (χ4n) is 2.55. The van der Waals surface area contributed by atoms with E-state index in [1.165, 1.54) is 23.5 Å². The summed E-state index contributed by atoms with van der Waals surface area (Å²) in [5.41, 5.74) is 1.31. The van der Waals surface area contributed by atoms with E-state index in [9.17, 15) is 9.18 Å². The van der Waals surface area contributed by atoms with Crippen molar-refractivity contribution in [3.05, 3.63) is 87.9 Å². The first-order valence-corrected chi connectivity index (χ1v) is 9.21. The second kappa shape index (κ2) is 8.47. The van der Waals surface area contributed by atoms with Crippen LogP contribution in [0.2, 0.25) is 0 Å². The summed E-state index contributed by atoms with van der Waals surface area (Å²) in [6, 6.07) is 18.1. The molecule has 27 heavy (non-hydrogen) atoms. The van der Waals surface area contributed by atoms with Crippen LogP contribution < -0.4 is 10.1 Å². The first kappa shape index (κ1) is 18.6. The predicted octanol–water partition coefficient (Wildman–Crippen LogP) is 4.43. The summed E-state index contributed by atoms with van der Waals surface area (Å²) in [4.78, 5) is 13.6. The Morgan fingerprint density at radius 3 is 2.44 bits per heavy atom. The highest BCUT2D eigenvalue weighted by Crippen LogP contribution is 2.26. The number of thiophene rings is 1. The van der Waals surface area contributed by atoms with Crippen LogP contribution in [-0.2, 0) is 4.79 Å². The van der Waals surface area contributed by atoms with E-state index in [-0.39, 0.29) is 17.8 Å². The zero-order chi connectivity index (χ0) is 19.2. The number of benzene rings is 2. The minimum absolute atomic E-state index is 0.290. The topological polar surface area (TPSA) is 62.1 Å². The van der Waals surface area contributed by atoms with Crippen LogP contribution in [-0.4, -0.2) is 12.0 Å². The molecule has 0 spiro atoms. The fraction of sp³-hybridized carbons (Fsp3) is 0.143. The first-order chi connectivity index (χ1) is 13.1. The van der Waals surface area contributed by atoms with Gasteiger partial charge < -0.3 is 10.1 Å². The number of carbonyl (C=O) groups excluding carboxylic acids is 1. The maximum atomic E-state index is 13.3. The Hall–Kier alpha value is -3.17. The monoisotopic (exact) mass is 380 g/mol. The Morgan fingerprint density at radius 1 is 1.15 bits per heavy atom. The minimum Gasteiger partial charge on any atom is -0.481 e. The van der Waals surface area contributed by atoms with Crippen LogP contribution in [0.1, 0.15) is 29.0 Å². The maximum Gasteiger partial charge on any atom is 0.261 e. The van der Waals surface area contributed by atoms with Gasteiger partial charge >= 0.3 is 0 Å². The van der Waals surface area contributed by atoms with Gasteiger partial charge in [0, 0.05) is 4.88 Å². The van der Waals surface area contributed by atoms with E-state index in [0.717, 1.165) is 10.4 Å². The van der Waals surface area contributed by atoms with Crippen molar-refractivity contribution in [2.45, 2.75) is 19.1 Å². The lowest BCUT2D eigenvalue weighted by Gasteiger charge is -2.21. The molecule has 3 aromatic rings. The molecule has 2 atom stereocenters. The van der Waals surface area contributed by atoms with Gasteiger partial charge in [0.05, 0.1) is 17.7 Å². The van der Waals surface area contributed by atoms with Gasteiger partial charge in [-0.1, -0.05) is 18.2 Å². The predicted molar refractivity (Wildman–Crippen MR) is 102 cm³/mol. The van der Waals surface area contributed by atoms with Gasteiger partial charge in [0.15, 0.2) is 6.10 Å². The SMILES string of the molecule is CC(Oc1ccc(C#N)cc1)C(=O)NC(c1ccc(F)cc1)c1cccs1. The smallest absolute Gasteiger partial charge is 0.261 e. The van der Waals surface area contributed by atoms with E-state index in [1.807, 2.05) is 23.6 Å². The summed E-state index contributed by atoms with van der Waals surface area (Å²) < 4.78 is 18.9. The normalized spacial score (nSPS) is 12.6. The van der Waals surface area contributed by atoms with E-state index in [1.54, 1.807) is 43.3 Å². The third-order valence-corrected chi connectivity index (χ3v) is 4.92. The molecule has 1 N–H and O–H groups in total. The van der Waals surface area contributed by atoms with Crippen molar-refractivity contribution in [1.29, 1.82) is 5.26 Å². The maximum absolute atomic E-state index is 13.3. The molecule has 0 aliphatic carbocycles. The Balaban J connectivity index is 1.73. The highest BCUT2D eigenvalue weighted by Gasteiger charge is 2.22. The first-order valence-electron chi connectivity index (χ1n) is 8.33. The number of nitrogens with zero attached hydrogens (tertiary/aromatic N) is 1. The number of hydrogen-bond acceptors (Lipinski definition) is 4. The van der Waals surface area contributed by atoms with E-state index in [2.05, 4.69) is 5.32 Å². The van der Waals surface area contributed by atoms with Gasteiger partial charge in [-0.15, -0.1) is 11.3 Å². The molecule has 0 saturated heterocycles.